The number of amides is 2. The molecule has 0 spiro atoms. The number of benzene rings is 1. The van der Waals surface area contributed by atoms with Crippen LogP contribution in [0.2, 0.25) is 0 Å². The van der Waals surface area contributed by atoms with Crippen LogP contribution in [0.4, 0.5) is 5.69 Å². The molecule has 1 fully saturated rings. The first kappa shape index (κ1) is 17.5. The minimum atomic E-state index is -3.09. The van der Waals surface area contributed by atoms with E-state index in [0.717, 1.165) is 5.56 Å². The zero-order valence-corrected chi connectivity index (χ0v) is 14.4. The third-order valence-electron chi connectivity index (χ3n) is 3.78. The summed E-state index contributed by atoms with van der Waals surface area (Å²) >= 11 is 0. The molecule has 1 atom stereocenters. The summed E-state index contributed by atoms with van der Waals surface area (Å²) < 4.78 is 22.7. The molecule has 0 saturated carbocycles. The van der Waals surface area contributed by atoms with Gasteiger partial charge < -0.3 is 10.6 Å². The van der Waals surface area contributed by atoms with Crippen LogP contribution >= 0.6 is 0 Å². The molecule has 0 aromatic heterocycles. The Bertz CT molecular complexity index is 703. The van der Waals surface area contributed by atoms with Crippen LogP contribution < -0.4 is 10.6 Å². The fourth-order valence-electron chi connectivity index (χ4n) is 2.40. The second-order valence-electron chi connectivity index (χ2n) is 6.85. The molecule has 2 rings (SSSR count). The molecule has 0 aliphatic carbocycles. The van der Waals surface area contributed by atoms with Gasteiger partial charge in [-0.3, -0.25) is 9.59 Å². The van der Waals surface area contributed by atoms with E-state index in [-0.39, 0.29) is 16.9 Å². The zero-order chi connectivity index (χ0) is 17.3. The summed E-state index contributed by atoms with van der Waals surface area (Å²) in [4.78, 5) is 23.7. The summed E-state index contributed by atoms with van der Waals surface area (Å²) in [5, 5.41) is 4.97. The lowest BCUT2D eigenvalue weighted by atomic mass is 9.87. The smallest absolute Gasteiger partial charge is 0.313 e. The molecule has 7 heteroatoms. The SMILES string of the molecule is CC(C)(C)c1ccc(NC(=O)C(=O)NC2CCS(=O)(=O)C2)cc1. The lowest BCUT2D eigenvalue weighted by Crippen LogP contribution is -2.42. The van der Waals surface area contributed by atoms with Gasteiger partial charge in [0.2, 0.25) is 0 Å². The Balaban J connectivity index is 1.92. The molecule has 2 amide bonds. The van der Waals surface area contributed by atoms with Gasteiger partial charge in [0.25, 0.3) is 0 Å². The van der Waals surface area contributed by atoms with Crippen molar-refractivity contribution < 1.29 is 18.0 Å². The van der Waals surface area contributed by atoms with E-state index in [1.54, 1.807) is 12.1 Å². The van der Waals surface area contributed by atoms with Gasteiger partial charge >= 0.3 is 11.8 Å². The van der Waals surface area contributed by atoms with Crippen molar-refractivity contribution in [2.75, 3.05) is 16.8 Å². The minimum Gasteiger partial charge on any atom is -0.344 e. The molecule has 126 valence electrons. The van der Waals surface area contributed by atoms with Gasteiger partial charge in [0.15, 0.2) is 9.84 Å². The van der Waals surface area contributed by atoms with Crippen LogP contribution in [0.15, 0.2) is 24.3 Å². The quantitative estimate of drug-likeness (QED) is 0.793. The van der Waals surface area contributed by atoms with E-state index in [2.05, 4.69) is 31.4 Å². The summed E-state index contributed by atoms with van der Waals surface area (Å²) in [6.07, 6.45) is 0.349. The van der Waals surface area contributed by atoms with Gasteiger partial charge in [0.05, 0.1) is 11.5 Å². The molecule has 6 nitrogen and oxygen atoms in total. The predicted octanol–water partition coefficient (Wildman–Crippen LogP) is 1.23. The van der Waals surface area contributed by atoms with Crippen LogP contribution in [0.25, 0.3) is 0 Å². The van der Waals surface area contributed by atoms with Crippen molar-refractivity contribution in [2.24, 2.45) is 0 Å². The summed E-state index contributed by atoms with van der Waals surface area (Å²) in [6, 6.07) is 6.80. The van der Waals surface area contributed by atoms with Gasteiger partial charge in [0, 0.05) is 11.7 Å². The van der Waals surface area contributed by atoms with Crippen molar-refractivity contribution in [3.05, 3.63) is 29.8 Å². The molecule has 1 aliphatic heterocycles. The number of nitrogens with one attached hydrogen (secondary N) is 2. The molecule has 1 aromatic rings. The Morgan fingerprint density at radius 3 is 2.17 bits per heavy atom. The number of rotatable bonds is 2. The summed E-state index contributed by atoms with van der Waals surface area (Å²) in [7, 11) is -3.09. The van der Waals surface area contributed by atoms with E-state index in [1.165, 1.54) is 0 Å². The fraction of sp³-hybridized carbons (Fsp3) is 0.500. The lowest BCUT2D eigenvalue weighted by Gasteiger charge is -2.19. The van der Waals surface area contributed by atoms with Gasteiger partial charge in [-0.1, -0.05) is 32.9 Å². The van der Waals surface area contributed by atoms with Crippen molar-refractivity contribution >= 4 is 27.3 Å². The van der Waals surface area contributed by atoms with Crippen molar-refractivity contribution in [1.29, 1.82) is 0 Å². The van der Waals surface area contributed by atoms with Crippen LogP contribution in [0.1, 0.15) is 32.8 Å². The van der Waals surface area contributed by atoms with Crippen LogP contribution in [0.5, 0.6) is 0 Å². The molecule has 1 heterocycles. The number of sulfone groups is 1. The van der Waals surface area contributed by atoms with Crippen molar-refractivity contribution in [1.82, 2.24) is 5.32 Å². The highest BCUT2D eigenvalue weighted by Crippen LogP contribution is 2.23. The zero-order valence-electron chi connectivity index (χ0n) is 13.5. The summed E-state index contributed by atoms with van der Waals surface area (Å²) in [6.45, 7) is 6.26. The Morgan fingerprint density at radius 2 is 1.70 bits per heavy atom. The third-order valence-corrected chi connectivity index (χ3v) is 5.55. The molecular formula is C16H22N2O4S. The van der Waals surface area contributed by atoms with E-state index in [1.807, 2.05) is 12.1 Å². The molecule has 0 bridgehead atoms. The molecule has 1 saturated heterocycles. The van der Waals surface area contributed by atoms with E-state index < -0.39 is 27.7 Å². The van der Waals surface area contributed by atoms with Crippen molar-refractivity contribution in [3.8, 4) is 0 Å². The van der Waals surface area contributed by atoms with Crippen molar-refractivity contribution in [2.45, 2.75) is 38.6 Å². The largest absolute Gasteiger partial charge is 0.344 e. The van der Waals surface area contributed by atoms with Gasteiger partial charge in [0.1, 0.15) is 0 Å². The molecule has 1 aliphatic rings. The first-order valence-corrected chi connectivity index (χ1v) is 9.32. The van der Waals surface area contributed by atoms with Crippen LogP contribution in [-0.2, 0) is 24.8 Å². The molecule has 1 unspecified atom stereocenters. The van der Waals surface area contributed by atoms with Crippen molar-refractivity contribution in [3.63, 3.8) is 0 Å². The molecule has 2 N–H and O–H groups in total. The normalized spacial score (nSPS) is 20.0. The average Bonchev–Trinajstić information content (AvgIpc) is 2.77. The second kappa shape index (κ2) is 6.31. The summed E-state index contributed by atoms with van der Waals surface area (Å²) in [5.41, 5.74) is 1.65. The molecular weight excluding hydrogens is 316 g/mol. The first-order chi connectivity index (χ1) is 10.6. The minimum absolute atomic E-state index is 0.00782. The monoisotopic (exact) mass is 338 g/mol. The van der Waals surface area contributed by atoms with E-state index >= 15 is 0 Å². The maximum Gasteiger partial charge on any atom is 0.313 e. The van der Waals surface area contributed by atoms with Gasteiger partial charge in [-0.25, -0.2) is 8.42 Å². The average molecular weight is 338 g/mol. The lowest BCUT2D eigenvalue weighted by molar-refractivity contribution is -0.136. The maximum absolute atomic E-state index is 11.9. The standard InChI is InChI=1S/C16H22N2O4S/c1-16(2,3)11-4-6-12(7-5-11)17-14(19)15(20)18-13-8-9-23(21,22)10-13/h4-7,13H,8-10H2,1-3H3,(H,17,19)(H,18,20). The number of carbonyl (C=O) groups is 2. The Labute approximate surface area is 136 Å². The van der Waals surface area contributed by atoms with Crippen LogP contribution in [0, 0.1) is 0 Å². The van der Waals surface area contributed by atoms with Gasteiger partial charge in [-0.15, -0.1) is 0 Å². The molecule has 23 heavy (non-hydrogen) atoms. The number of carbonyl (C=O) groups excluding carboxylic acids is 2. The van der Waals surface area contributed by atoms with E-state index in [0.29, 0.717) is 12.1 Å². The second-order valence-corrected chi connectivity index (χ2v) is 9.08. The Hall–Kier alpha value is -1.89. The highest BCUT2D eigenvalue weighted by Gasteiger charge is 2.30. The number of anilines is 1. The molecule has 0 radical (unpaired) electrons. The highest BCUT2D eigenvalue weighted by molar-refractivity contribution is 7.91. The third kappa shape index (κ3) is 4.79. The topological polar surface area (TPSA) is 92.3 Å². The number of hydrogen-bond donors (Lipinski definition) is 2. The fourth-order valence-corrected chi connectivity index (χ4v) is 4.07. The van der Waals surface area contributed by atoms with Gasteiger partial charge in [-0.2, -0.15) is 0 Å². The summed E-state index contributed by atoms with van der Waals surface area (Å²) in [5.74, 6) is -1.66. The van der Waals surface area contributed by atoms with Crippen LogP contribution in [0.3, 0.4) is 0 Å². The first-order valence-electron chi connectivity index (χ1n) is 7.50. The van der Waals surface area contributed by atoms with Crippen LogP contribution in [-0.4, -0.2) is 37.8 Å². The maximum atomic E-state index is 11.9. The highest BCUT2D eigenvalue weighted by atomic mass is 32.2. The van der Waals surface area contributed by atoms with E-state index in [4.69, 9.17) is 0 Å². The Kier molecular flexibility index (Phi) is 4.79. The predicted molar refractivity (Wildman–Crippen MR) is 89.0 cm³/mol. The number of hydrogen-bond acceptors (Lipinski definition) is 4. The molecule has 1 aromatic carbocycles. The Morgan fingerprint density at radius 1 is 1.09 bits per heavy atom. The van der Waals surface area contributed by atoms with Gasteiger partial charge in [-0.05, 0) is 29.5 Å². The van der Waals surface area contributed by atoms with E-state index in [9.17, 15) is 18.0 Å².